The Hall–Kier alpha value is -1.09. The molecule has 0 aromatic rings. The first-order valence-electron chi connectivity index (χ1n) is 3.81. The Morgan fingerprint density at radius 1 is 1.45 bits per heavy atom. The van der Waals surface area contributed by atoms with Gasteiger partial charge < -0.3 is 5.32 Å². The van der Waals surface area contributed by atoms with Gasteiger partial charge in [0.25, 0.3) is 0 Å². The molecule has 0 spiro atoms. The van der Waals surface area contributed by atoms with E-state index in [1.807, 2.05) is 18.5 Å². The van der Waals surface area contributed by atoms with Gasteiger partial charge in [0, 0.05) is 31.1 Å². The highest BCUT2D eigenvalue weighted by atomic mass is 15.1. The predicted octanol–water partition coefficient (Wildman–Crippen LogP) is 0.379. The molecule has 0 amide bonds. The van der Waals surface area contributed by atoms with Crippen molar-refractivity contribution in [3.63, 3.8) is 0 Å². The van der Waals surface area contributed by atoms with Gasteiger partial charge in [-0.25, -0.2) is 0 Å². The first-order chi connectivity index (χ1) is 5.47. The molecule has 11 heavy (non-hydrogen) atoms. The summed E-state index contributed by atoms with van der Waals surface area (Å²) >= 11 is 0. The van der Waals surface area contributed by atoms with E-state index < -0.39 is 0 Å². The second-order valence-corrected chi connectivity index (χ2v) is 2.65. The quantitative estimate of drug-likeness (QED) is 0.522. The van der Waals surface area contributed by atoms with Crippen LogP contribution in [0.3, 0.4) is 0 Å². The molecule has 0 bridgehead atoms. The minimum atomic E-state index is 0.864. The van der Waals surface area contributed by atoms with Crippen molar-refractivity contribution in [2.75, 3.05) is 13.2 Å². The lowest BCUT2D eigenvalue weighted by molar-refractivity contribution is 0.623. The summed E-state index contributed by atoms with van der Waals surface area (Å²) < 4.78 is 0. The van der Waals surface area contributed by atoms with Crippen LogP contribution in [0.1, 0.15) is 6.42 Å². The molecule has 0 aromatic carbocycles. The zero-order valence-corrected chi connectivity index (χ0v) is 6.30. The molecule has 0 unspecified atom stereocenters. The lowest BCUT2D eigenvalue weighted by atomic mass is 10.1. The fourth-order valence-corrected chi connectivity index (χ4v) is 1.29. The van der Waals surface area contributed by atoms with Gasteiger partial charge in [0.1, 0.15) is 0 Å². The molecule has 2 rings (SSSR count). The van der Waals surface area contributed by atoms with E-state index in [9.17, 15) is 0 Å². The van der Waals surface area contributed by atoms with E-state index in [4.69, 9.17) is 0 Å². The molecule has 2 aliphatic rings. The van der Waals surface area contributed by atoms with Crippen LogP contribution < -0.4 is 10.6 Å². The van der Waals surface area contributed by atoms with Crippen molar-refractivity contribution in [3.8, 4) is 0 Å². The van der Waals surface area contributed by atoms with Crippen LogP contribution in [0.2, 0.25) is 0 Å². The maximum absolute atomic E-state index is 4.08. The summed E-state index contributed by atoms with van der Waals surface area (Å²) in [5.74, 6) is 0. The van der Waals surface area contributed by atoms with Gasteiger partial charge in [-0.3, -0.25) is 10.3 Å². The van der Waals surface area contributed by atoms with Crippen LogP contribution in [0.15, 0.2) is 28.5 Å². The molecule has 0 atom stereocenters. The number of nitrogens with one attached hydrogen (secondary N) is 2. The third-order valence-corrected chi connectivity index (χ3v) is 1.89. The summed E-state index contributed by atoms with van der Waals surface area (Å²) in [5.41, 5.74) is 2.63. The Morgan fingerprint density at radius 3 is 3.45 bits per heavy atom. The van der Waals surface area contributed by atoms with Crippen molar-refractivity contribution >= 4 is 6.21 Å². The SMILES string of the molecule is C1=CC2=C(CC=N1)CNCN2. The third-order valence-electron chi connectivity index (χ3n) is 1.89. The van der Waals surface area contributed by atoms with E-state index in [0.717, 1.165) is 19.6 Å². The summed E-state index contributed by atoms with van der Waals surface area (Å²) in [7, 11) is 0. The standard InChI is InChI=1S/C8H11N3/c1-3-9-4-2-8-7(1)5-10-6-11-8/h2-4,10-11H,1,5-6H2. The molecule has 2 heterocycles. The van der Waals surface area contributed by atoms with E-state index in [1.54, 1.807) is 0 Å². The zero-order valence-electron chi connectivity index (χ0n) is 6.30. The van der Waals surface area contributed by atoms with Gasteiger partial charge in [-0.1, -0.05) is 0 Å². The summed E-state index contributed by atoms with van der Waals surface area (Å²) in [6.07, 6.45) is 6.76. The number of hydrogen-bond acceptors (Lipinski definition) is 3. The Balaban J connectivity index is 2.26. The average molecular weight is 149 g/mol. The highest BCUT2D eigenvalue weighted by Gasteiger charge is 2.08. The third kappa shape index (κ3) is 1.33. The van der Waals surface area contributed by atoms with Gasteiger partial charge in [-0.2, -0.15) is 0 Å². The van der Waals surface area contributed by atoms with Gasteiger partial charge in [-0.05, 0) is 11.6 Å². The molecular weight excluding hydrogens is 138 g/mol. The van der Waals surface area contributed by atoms with Crippen LogP contribution in [0.5, 0.6) is 0 Å². The molecule has 2 N–H and O–H groups in total. The van der Waals surface area contributed by atoms with Crippen LogP contribution in [-0.4, -0.2) is 19.4 Å². The highest BCUT2D eigenvalue weighted by Crippen LogP contribution is 2.10. The Kier molecular flexibility index (Phi) is 1.73. The lowest BCUT2D eigenvalue weighted by Gasteiger charge is -2.19. The normalized spacial score (nSPS) is 22.5. The van der Waals surface area contributed by atoms with E-state index in [1.165, 1.54) is 11.3 Å². The second-order valence-electron chi connectivity index (χ2n) is 2.65. The van der Waals surface area contributed by atoms with Crippen LogP contribution in [0.4, 0.5) is 0 Å². The second kappa shape index (κ2) is 2.88. The summed E-state index contributed by atoms with van der Waals surface area (Å²) in [6, 6.07) is 0. The van der Waals surface area contributed by atoms with Crippen molar-refractivity contribution in [2.24, 2.45) is 4.99 Å². The van der Waals surface area contributed by atoms with Crippen molar-refractivity contribution in [2.45, 2.75) is 6.42 Å². The van der Waals surface area contributed by atoms with Crippen LogP contribution in [0.25, 0.3) is 0 Å². The van der Waals surface area contributed by atoms with Crippen LogP contribution >= 0.6 is 0 Å². The molecule has 0 fully saturated rings. The van der Waals surface area contributed by atoms with E-state index in [0.29, 0.717) is 0 Å². The number of aliphatic imine (C=N–C) groups is 1. The molecule has 0 aromatic heterocycles. The number of nitrogens with zero attached hydrogens (tertiary/aromatic N) is 1. The Labute approximate surface area is 65.9 Å². The highest BCUT2D eigenvalue weighted by molar-refractivity contribution is 5.64. The lowest BCUT2D eigenvalue weighted by Crippen LogP contribution is -2.36. The fourth-order valence-electron chi connectivity index (χ4n) is 1.29. The van der Waals surface area contributed by atoms with Crippen molar-refractivity contribution < 1.29 is 0 Å². The summed E-state index contributed by atoms with van der Waals surface area (Å²) in [5, 5.41) is 6.51. The first kappa shape index (κ1) is 6.61. The van der Waals surface area contributed by atoms with Gasteiger partial charge in [-0.15, -0.1) is 0 Å². The summed E-state index contributed by atoms with van der Waals surface area (Å²) in [6.45, 7) is 1.85. The van der Waals surface area contributed by atoms with Gasteiger partial charge in [0.2, 0.25) is 0 Å². The monoisotopic (exact) mass is 149 g/mol. The predicted molar refractivity (Wildman–Crippen MR) is 45.3 cm³/mol. The van der Waals surface area contributed by atoms with Gasteiger partial charge in [0.15, 0.2) is 0 Å². The molecule has 0 saturated carbocycles. The molecule has 0 radical (unpaired) electrons. The number of hydrogen-bond donors (Lipinski definition) is 2. The van der Waals surface area contributed by atoms with E-state index >= 15 is 0 Å². The number of allylic oxidation sites excluding steroid dienone is 1. The largest absolute Gasteiger partial charge is 0.372 e. The maximum atomic E-state index is 4.08. The zero-order chi connectivity index (χ0) is 7.52. The minimum absolute atomic E-state index is 0.864. The van der Waals surface area contributed by atoms with Crippen LogP contribution in [-0.2, 0) is 0 Å². The molecule has 0 saturated heterocycles. The van der Waals surface area contributed by atoms with Crippen molar-refractivity contribution in [3.05, 3.63) is 23.5 Å². The molecule has 3 heteroatoms. The smallest absolute Gasteiger partial charge is 0.0655 e. The first-order valence-corrected chi connectivity index (χ1v) is 3.81. The molecule has 58 valence electrons. The minimum Gasteiger partial charge on any atom is -0.372 e. The van der Waals surface area contributed by atoms with Crippen molar-refractivity contribution in [1.29, 1.82) is 0 Å². The molecule has 3 nitrogen and oxygen atoms in total. The molecular formula is C8H11N3. The molecule has 0 aliphatic carbocycles. The van der Waals surface area contributed by atoms with E-state index in [2.05, 4.69) is 15.6 Å². The average Bonchev–Trinajstić information content (AvgIpc) is 2.28. The molecule has 2 aliphatic heterocycles. The van der Waals surface area contributed by atoms with E-state index in [-0.39, 0.29) is 0 Å². The van der Waals surface area contributed by atoms with Crippen LogP contribution in [0, 0.1) is 0 Å². The summed E-state index contributed by atoms with van der Waals surface area (Å²) in [4.78, 5) is 4.08. The van der Waals surface area contributed by atoms with Gasteiger partial charge in [0.05, 0.1) is 6.67 Å². The van der Waals surface area contributed by atoms with Crippen molar-refractivity contribution in [1.82, 2.24) is 10.6 Å². The fraction of sp³-hybridized carbons (Fsp3) is 0.375. The Morgan fingerprint density at radius 2 is 2.45 bits per heavy atom. The number of rotatable bonds is 0. The maximum Gasteiger partial charge on any atom is 0.0655 e. The van der Waals surface area contributed by atoms with Gasteiger partial charge >= 0.3 is 0 Å². The Bertz CT molecular complexity index is 238. The topological polar surface area (TPSA) is 36.4 Å².